The maximum atomic E-state index is 12.8. The normalized spacial score (nSPS) is 17.3. The maximum Gasteiger partial charge on any atom is 0.237 e. The molecule has 4 heteroatoms. The molecule has 0 saturated heterocycles. The van der Waals surface area contributed by atoms with Crippen molar-refractivity contribution in [3.05, 3.63) is 28.8 Å². The quantitative estimate of drug-likeness (QED) is 0.835. The van der Waals surface area contributed by atoms with Gasteiger partial charge in [-0.1, -0.05) is 49.2 Å². The van der Waals surface area contributed by atoms with E-state index in [9.17, 15) is 4.79 Å². The topological polar surface area (TPSA) is 55.1 Å². The average molecular weight is 304 g/mol. The third-order valence-electron chi connectivity index (χ3n) is 4.53. The molecule has 0 atom stereocenters. The highest BCUT2D eigenvalue weighted by Gasteiger charge is 2.42. The number of hydrogen-bond donors (Lipinski definition) is 2. The Kier molecular flexibility index (Phi) is 4.67. The van der Waals surface area contributed by atoms with Crippen LogP contribution in [0.5, 0.6) is 0 Å². The van der Waals surface area contributed by atoms with Gasteiger partial charge in [-0.2, -0.15) is 0 Å². The zero-order valence-corrected chi connectivity index (χ0v) is 13.9. The zero-order chi connectivity index (χ0) is 15.6. The minimum Gasteiger partial charge on any atom is -0.392 e. The number of nitrogens with two attached hydrogens (primary N) is 1. The smallest absolute Gasteiger partial charge is 0.237 e. The summed E-state index contributed by atoms with van der Waals surface area (Å²) in [4.78, 5) is 13.2. The Hall–Kier alpha value is -1.42. The lowest BCUT2D eigenvalue weighted by Crippen LogP contribution is -2.47. The maximum absolute atomic E-state index is 12.8. The molecule has 1 saturated carbocycles. The Balaban J connectivity index is 2.30. The first-order valence-corrected chi connectivity index (χ1v) is 7.97. The largest absolute Gasteiger partial charge is 0.392 e. The summed E-state index contributed by atoms with van der Waals surface area (Å²) in [6.07, 6.45) is 4.70. The Morgan fingerprint density at radius 1 is 1.14 bits per heavy atom. The van der Waals surface area contributed by atoms with Crippen LogP contribution in [0, 0.1) is 26.2 Å². The highest BCUT2D eigenvalue weighted by Crippen LogP contribution is 2.38. The summed E-state index contributed by atoms with van der Waals surface area (Å²) in [5, 5.41) is 3.09. The number of hydrogen-bond acceptors (Lipinski definition) is 2. The minimum atomic E-state index is -0.669. The molecule has 0 radical (unpaired) electrons. The van der Waals surface area contributed by atoms with Gasteiger partial charge < -0.3 is 11.1 Å². The monoisotopic (exact) mass is 304 g/mol. The molecule has 1 aromatic rings. The first-order chi connectivity index (χ1) is 9.86. The van der Waals surface area contributed by atoms with Gasteiger partial charge in [0.25, 0.3) is 0 Å². The predicted molar refractivity (Wildman–Crippen MR) is 91.6 cm³/mol. The Bertz CT molecular complexity index is 551. The third-order valence-corrected chi connectivity index (χ3v) is 4.92. The number of thiocarbonyl (C=S) groups is 1. The van der Waals surface area contributed by atoms with Crippen LogP contribution in [0.25, 0.3) is 0 Å². The molecule has 0 unspecified atom stereocenters. The molecule has 1 aliphatic rings. The van der Waals surface area contributed by atoms with Gasteiger partial charge in [0, 0.05) is 5.69 Å². The Labute approximate surface area is 132 Å². The Morgan fingerprint density at radius 3 is 2.14 bits per heavy atom. The summed E-state index contributed by atoms with van der Waals surface area (Å²) in [6, 6.07) is 4.16. The van der Waals surface area contributed by atoms with E-state index in [0.717, 1.165) is 48.9 Å². The molecule has 1 aliphatic carbocycles. The van der Waals surface area contributed by atoms with Crippen LogP contribution in [0.1, 0.15) is 48.8 Å². The van der Waals surface area contributed by atoms with Crippen molar-refractivity contribution in [1.82, 2.24) is 0 Å². The number of rotatable bonds is 3. The molecule has 21 heavy (non-hydrogen) atoms. The van der Waals surface area contributed by atoms with Crippen molar-refractivity contribution in [2.75, 3.05) is 5.32 Å². The van der Waals surface area contributed by atoms with Crippen molar-refractivity contribution in [1.29, 1.82) is 0 Å². The van der Waals surface area contributed by atoms with Gasteiger partial charge in [-0.25, -0.2) is 0 Å². The van der Waals surface area contributed by atoms with Crippen LogP contribution >= 0.6 is 12.2 Å². The van der Waals surface area contributed by atoms with E-state index in [2.05, 4.69) is 24.4 Å². The van der Waals surface area contributed by atoms with Gasteiger partial charge in [-0.3, -0.25) is 4.79 Å². The predicted octanol–water partition coefficient (Wildman–Crippen LogP) is 3.79. The standard InChI is InChI=1S/C17H24N2OS/c1-11-9-12(2)14(13(3)10-11)19-16(20)17(15(18)21)7-5-4-6-8-17/h9-10H,4-8H2,1-3H3,(H2,18,21)(H,19,20). The summed E-state index contributed by atoms with van der Waals surface area (Å²) < 4.78 is 0. The first-order valence-electron chi connectivity index (χ1n) is 7.56. The summed E-state index contributed by atoms with van der Waals surface area (Å²) in [7, 11) is 0. The van der Waals surface area contributed by atoms with Gasteiger partial charge in [0.05, 0.1) is 10.4 Å². The zero-order valence-electron chi connectivity index (χ0n) is 13.1. The van der Waals surface area contributed by atoms with E-state index in [1.807, 2.05) is 13.8 Å². The van der Waals surface area contributed by atoms with Crippen LogP contribution in [0.15, 0.2) is 12.1 Å². The number of carbonyl (C=O) groups is 1. The lowest BCUT2D eigenvalue weighted by molar-refractivity contribution is -0.123. The molecule has 0 heterocycles. The fourth-order valence-electron chi connectivity index (χ4n) is 3.35. The molecule has 0 spiro atoms. The van der Waals surface area contributed by atoms with Crippen molar-refractivity contribution in [3.63, 3.8) is 0 Å². The van der Waals surface area contributed by atoms with Gasteiger partial charge in [0.2, 0.25) is 5.91 Å². The van der Waals surface area contributed by atoms with E-state index in [4.69, 9.17) is 18.0 Å². The average Bonchev–Trinajstić information content (AvgIpc) is 2.43. The highest BCUT2D eigenvalue weighted by atomic mass is 32.1. The van der Waals surface area contributed by atoms with Crippen molar-refractivity contribution >= 4 is 28.8 Å². The third kappa shape index (κ3) is 3.10. The second-order valence-corrected chi connectivity index (χ2v) is 6.67. The summed E-state index contributed by atoms with van der Waals surface area (Å²) in [5.74, 6) is -0.0373. The van der Waals surface area contributed by atoms with Crippen molar-refractivity contribution in [2.24, 2.45) is 11.1 Å². The van der Waals surface area contributed by atoms with Gasteiger partial charge >= 0.3 is 0 Å². The molecule has 0 bridgehead atoms. The second kappa shape index (κ2) is 6.14. The lowest BCUT2D eigenvalue weighted by atomic mass is 9.73. The molecule has 114 valence electrons. The molecule has 1 aromatic carbocycles. The van der Waals surface area contributed by atoms with Gasteiger partial charge in [0.15, 0.2) is 0 Å². The van der Waals surface area contributed by atoms with E-state index in [1.54, 1.807) is 0 Å². The molecule has 2 rings (SSSR count). The number of aryl methyl sites for hydroxylation is 3. The van der Waals surface area contributed by atoms with E-state index in [1.165, 1.54) is 5.56 Å². The fraction of sp³-hybridized carbons (Fsp3) is 0.529. The van der Waals surface area contributed by atoms with Gasteiger partial charge in [-0.15, -0.1) is 0 Å². The van der Waals surface area contributed by atoms with Crippen molar-refractivity contribution in [3.8, 4) is 0 Å². The summed E-state index contributed by atoms with van der Waals surface area (Å²) in [6.45, 7) is 6.09. The molecule has 3 N–H and O–H groups in total. The summed E-state index contributed by atoms with van der Waals surface area (Å²) in [5.41, 5.74) is 9.51. The number of carbonyl (C=O) groups excluding carboxylic acids is 1. The van der Waals surface area contributed by atoms with Gasteiger partial charge in [0.1, 0.15) is 0 Å². The van der Waals surface area contributed by atoms with E-state index in [-0.39, 0.29) is 5.91 Å². The van der Waals surface area contributed by atoms with E-state index in [0.29, 0.717) is 4.99 Å². The SMILES string of the molecule is Cc1cc(C)c(NC(=O)C2(C(N)=S)CCCCC2)c(C)c1. The first kappa shape index (κ1) is 16.0. The number of benzene rings is 1. The minimum absolute atomic E-state index is 0.0373. The van der Waals surface area contributed by atoms with Crippen LogP contribution in [-0.4, -0.2) is 10.9 Å². The Morgan fingerprint density at radius 2 is 1.67 bits per heavy atom. The van der Waals surface area contributed by atoms with E-state index >= 15 is 0 Å². The van der Waals surface area contributed by atoms with Crippen LogP contribution in [0.4, 0.5) is 5.69 Å². The molecule has 0 aliphatic heterocycles. The fourth-order valence-corrected chi connectivity index (χ4v) is 3.65. The van der Waals surface area contributed by atoms with Crippen LogP contribution in [-0.2, 0) is 4.79 Å². The van der Waals surface area contributed by atoms with E-state index < -0.39 is 5.41 Å². The second-order valence-electron chi connectivity index (χ2n) is 6.23. The molecular weight excluding hydrogens is 280 g/mol. The molecular formula is C17H24N2OS. The lowest BCUT2D eigenvalue weighted by Gasteiger charge is -2.35. The van der Waals surface area contributed by atoms with Crippen molar-refractivity contribution < 1.29 is 4.79 Å². The molecule has 1 amide bonds. The van der Waals surface area contributed by atoms with Crippen LogP contribution in [0.2, 0.25) is 0 Å². The van der Waals surface area contributed by atoms with Crippen LogP contribution < -0.4 is 11.1 Å². The molecule has 1 fully saturated rings. The highest BCUT2D eigenvalue weighted by molar-refractivity contribution is 7.80. The summed E-state index contributed by atoms with van der Waals surface area (Å²) >= 11 is 5.22. The number of amides is 1. The number of anilines is 1. The molecule has 0 aromatic heterocycles. The molecule has 3 nitrogen and oxygen atoms in total. The number of nitrogens with one attached hydrogen (secondary N) is 1. The van der Waals surface area contributed by atoms with Crippen LogP contribution in [0.3, 0.4) is 0 Å². The van der Waals surface area contributed by atoms with Crippen molar-refractivity contribution in [2.45, 2.75) is 52.9 Å². The van der Waals surface area contributed by atoms with Gasteiger partial charge in [-0.05, 0) is 44.7 Å².